The van der Waals surface area contributed by atoms with Crippen LogP contribution in [0.5, 0.6) is 0 Å². The van der Waals surface area contributed by atoms with Gasteiger partial charge in [0.05, 0.1) is 5.57 Å². The second kappa shape index (κ2) is 8.16. The quantitative estimate of drug-likeness (QED) is 0.630. The van der Waals surface area contributed by atoms with Gasteiger partial charge in [-0.05, 0) is 37.8 Å². The Labute approximate surface area is 177 Å². The topological polar surface area (TPSA) is 94.1 Å². The minimum atomic E-state index is -0.527. The molecule has 0 amide bonds. The highest BCUT2D eigenvalue weighted by atomic mass is 32.1. The number of hydrogen-bond acceptors (Lipinski definition) is 8. The molecule has 3 aromatic rings. The van der Waals surface area contributed by atoms with E-state index in [0.29, 0.717) is 22.4 Å². The van der Waals surface area contributed by atoms with E-state index in [1.54, 1.807) is 18.6 Å². The van der Waals surface area contributed by atoms with Crippen molar-refractivity contribution in [3.05, 3.63) is 76.1 Å². The molecule has 4 heterocycles. The number of dihydropyridines is 1. The molecule has 4 rings (SSSR count). The fourth-order valence-corrected chi connectivity index (χ4v) is 4.72. The molecular formula is C22H20N4O3S. The Morgan fingerprint density at radius 1 is 1.17 bits per heavy atom. The number of fused-ring (bicyclic) bond motifs is 1. The fourth-order valence-electron chi connectivity index (χ4n) is 3.78. The van der Waals surface area contributed by atoms with Crippen LogP contribution < -0.4 is 5.32 Å². The molecule has 0 saturated heterocycles. The maximum Gasteiger partial charge on any atom is 0.337 e. The number of nitrogens with one attached hydrogen (secondary N) is 1. The van der Waals surface area contributed by atoms with Crippen LogP contribution in [-0.2, 0) is 20.9 Å². The van der Waals surface area contributed by atoms with Crippen molar-refractivity contribution >= 4 is 33.3 Å². The van der Waals surface area contributed by atoms with Crippen molar-refractivity contribution < 1.29 is 14.3 Å². The van der Waals surface area contributed by atoms with Crippen LogP contribution in [0.25, 0.3) is 10.2 Å². The second-order valence-electron chi connectivity index (χ2n) is 7.06. The lowest BCUT2D eigenvalue weighted by molar-refractivity contribution is -0.140. The monoisotopic (exact) mass is 420 g/mol. The molecule has 0 radical (unpaired) electrons. The zero-order valence-electron chi connectivity index (χ0n) is 16.8. The van der Waals surface area contributed by atoms with Crippen LogP contribution in [0.2, 0.25) is 0 Å². The van der Waals surface area contributed by atoms with Crippen LogP contribution >= 0.6 is 11.3 Å². The first-order chi connectivity index (χ1) is 14.5. The number of rotatable bonds is 5. The second-order valence-corrected chi connectivity index (χ2v) is 7.92. The number of aromatic nitrogens is 3. The number of esters is 1. The number of carbonyl (C=O) groups excluding carboxylic acids is 2. The molecule has 0 spiro atoms. The molecule has 0 saturated carbocycles. The summed E-state index contributed by atoms with van der Waals surface area (Å²) in [4.78, 5) is 38.9. The Morgan fingerprint density at radius 2 is 1.90 bits per heavy atom. The summed E-state index contributed by atoms with van der Waals surface area (Å²) in [6.07, 6.45) is 6.35. The highest BCUT2D eigenvalue weighted by Gasteiger charge is 2.37. The van der Waals surface area contributed by atoms with Crippen LogP contribution in [0.4, 0.5) is 0 Å². The first-order valence-electron chi connectivity index (χ1n) is 9.40. The van der Waals surface area contributed by atoms with Gasteiger partial charge < -0.3 is 10.1 Å². The Bertz CT molecular complexity index is 1200. The molecule has 0 aliphatic carbocycles. The minimum Gasteiger partial charge on any atom is -0.457 e. The molecule has 0 bridgehead atoms. The zero-order chi connectivity index (χ0) is 21.3. The van der Waals surface area contributed by atoms with E-state index < -0.39 is 11.9 Å². The third-order valence-electron chi connectivity index (χ3n) is 5.03. The first kappa shape index (κ1) is 19.9. The van der Waals surface area contributed by atoms with Gasteiger partial charge in [0.2, 0.25) is 0 Å². The summed E-state index contributed by atoms with van der Waals surface area (Å²) in [5.74, 6) is -1.10. The molecule has 1 aliphatic rings. The molecule has 0 fully saturated rings. The smallest absolute Gasteiger partial charge is 0.337 e. The average Bonchev–Trinajstić information content (AvgIpc) is 3.16. The Kier molecular flexibility index (Phi) is 5.41. The number of carbonyl (C=O) groups is 2. The van der Waals surface area contributed by atoms with Crippen molar-refractivity contribution in [1.29, 1.82) is 0 Å². The number of Topliss-reactive ketones (excluding diaryl/α,β-unsaturated/α-hetero) is 1. The number of ketones is 1. The zero-order valence-corrected chi connectivity index (χ0v) is 17.6. The fraction of sp³-hybridized carbons (Fsp3) is 0.227. The van der Waals surface area contributed by atoms with Gasteiger partial charge in [0.15, 0.2) is 5.78 Å². The van der Waals surface area contributed by atoms with Gasteiger partial charge in [0.1, 0.15) is 17.8 Å². The van der Waals surface area contributed by atoms with E-state index in [1.165, 1.54) is 24.6 Å². The lowest BCUT2D eigenvalue weighted by atomic mass is 9.79. The molecule has 1 aliphatic heterocycles. The van der Waals surface area contributed by atoms with Crippen LogP contribution in [-0.4, -0.2) is 26.7 Å². The number of nitrogens with zero attached hydrogens (tertiary/aromatic N) is 3. The van der Waals surface area contributed by atoms with E-state index in [-0.39, 0.29) is 12.4 Å². The lowest BCUT2D eigenvalue weighted by Crippen LogP contribution is -2.31. The largest absolute Gasteiger partial charge is 0.457 e. The van der Waals surface area contributed by atoms with Crippen molar-refractivity contribution in [3.63, 3.8) is 0 Å². The van der Waals surface area contributed by atoms with Gasteiger partial charge in [0.25, 0.3) is 0 Å². The molecule has 8 heteroatoms. The van der Waals surface area contributed by atoms with Gasteiger partial charge in [0, 0.05) is 52.4 Å². The van der Waals surface area contributed by atoms with E-state index in [9.17, 15) is 9.59 Å². The van der Waals surface area contributed by atoms with E-state index in [4.69, 9.17) is 4.74 Å². The first-order valence-corrected chi connectivity index (χ1v) is 10.3. The standard InChI is InChI=1S/C22H20N4O3S/c1-12-18(14(3)27)20(17-10-30-21-16(17)5-4-6-25-21)19(13(2)26-12)22(28)29-9-15-7-23-11-24-8-15/h4-8,10-11,20,26H,9H2,1-3H3. The van der Waals surface area contributed by atoms with Gasteiger partial charge in [-0.1, -0.05) is 6.07 Å². The van der Waals surface area contributed by atoms with Gasteiger partial charge >= 0.3 is 5.97 Å². The summed E-state index contributed by atoms with van der Waals surface area (Å²) in [5.41, 5.74) is 3.95. The molecule has 30 heavy (non-hydrogen) atoms. The normalized spacial score (nSPS) is 16.6. The Hall–Kier alpha value is -3.39. The molecule has 0 aromatic carbocycles. The van der Waals surface area contributed by atoms with E-state index in [2.05, 4.69) is 20.3 Å². The van der Waals surface area contributed by atoms with Crippen molar-refractivity contribution in [3.8, 4) is 0 Å². The number of pyridine rings is 1. The van der Waals surface area contributed by atoms with E-state index in [0.717, 1.165) is 21.5 Å². The number of ether oxygens (including phenoxy) is 1. The lowest BCUT2D eigenvalue weighted by Gasteiger charge is -2.30. The average molecular weight is 420 g/mol. The molecule has 152 valence electrons. The van der Waals surface area contributed by atoms with Crippen molar-refractivity contribution in [2.24, 2.45) is 0 Å². The van der Waals surface area contributed by atoms with Crippen LogP contribution in [0.1, 0.15) is 37.8 Å². The predicted molar refractivity (Wildman–Crippen MR) is 113 cm³/mol. The van der Waals surface area contributed by atoms with Crippen molar-refractivity contribution in [2.75, 3.05) is 0 Å². The van der Waals surface area contributed by atoms with Crippen molar-refractivity contribution in [1.82, 2.24) is 20.3 Å². The number of thiophene rings is 1. The third kappa shape index (κ3) is 3.61. The van der Waals surface area contributed by atoms with Gasteiger partial charge in [-0.25, -0.2) is 19.7 Å². The molecule has 1 N–H and O–H groups in total. The summed E-state index contributed by atoms with van der Waals surface area (Å²) in [6.45, 7) is 5.24. The predicted octanol–water partition coefficient (Wildman–Crippen LogP) is 3.65. The number of allylic oxidation sites excluding steroid dienone is 3. The molecular weight excluding hydrogens is 400 g/mol. The van der Waals surface area contributed by atoms with Crippen molar-refractivity contribution in [2.45, 2.75) is 33.3 Å². The summed E-state index contributed by atoms with van der Waals surface area (Å²) < 4.78 is 5.58. The van der Waals surface area contributed by atoms with Gasteiger partial charge in [-0.2, -0.15) is 0 Å². The SMILES string of the molecule is CC(=O)C1=C(C)NC(C)=C(C(=O)OCc2cncnc2)C1c1csc2ncccc12. The summed E-state index contributed by atoms with van der Waals surface area (Å²) in [6, 6.07) is 3.82. The molecule has 3 aromatic heterocycles. The molecule has 1 unspecified atom stereocenters. The highest BCUT2D eigenvalue weighted by Crippen LogP contribution is 2.43. The van der Waals surface area contributed by atoms with Crippen LogP contribution in [0.3, 0.4) is 0 Å². The minimum absolute atomic E-state index is 0.0488. The maximum absolute atomic E-state index is 13.2. The maximum atomic E-state index is 13.2. The highest BCUT2D eigenvalue weighted by molar-refractivity contribution is 7.16. The molecule has 1 atom stereocenters. The van der Waals surface area contributed by atoms with Crippen LogP contribution in [0.15, 0.2) is 65.0 Å². The van der Waals surface area contributed by atoms with Crippen LogP contribution in [0, 0.1) is 0 Å². The summed E-state index contributed by atoms with van der Waals surface area (Å²) in [5, 5.41) is 6.07. The Balaban J connectivity index is 1.77. The third-order valence-corrected chi connectivity index (χ3v) is 5.95. The van der Waals surface area contributed by atoms with Gasteiger partial charge in [-0.15, -0.1) is 11.3 Å². The van der Waals surface area contributed by atoms with E-state index in [1.807, 2.05) is 31.4 Å². The van der Waals surface area contributed by atoms with E-state index >= 15 is 0 Å². The van der Waals surface area contributed by atoms with Gasteiger partial charge in [-0.3, -0.25) is 4.79 Å². The number of hydrogen-bond donors (Lipinski definition) is 1. The summed E-state index contributed by atoms with van der Waals surface area (Å²) in [7, 11) is 0. The molecule has 7 nitrogen and oxygen atoms in total. The Morgan fingerprint density at radius 3 is 2.63 bits per heavy atom. The summed E-state index contributed by atoms with van der Waals surface area (Å²) >= 11 is 1.49.